The molecule has 1 aromatic heterocycles. The van der Waals surface area contributed by atoms with Gasteiger partial charge in [0.1, 0.15) is 5.82 Å². The summed E-state index contributed by atoms with van der Waals surface area (Å²) < 4.78 is 12.7. The second kappa shape index (κ2) is 4.51. The summed E-state index contributed by atoms with van der Waals surface area (Å²) in [5.74, 6) is -1.45. The number of aromatic nitrogens is 1. The van der Waals surface area contributed by atoms with Crippen LogP contribution in [0.2, 0.25) is 5.02 Å². The lowest BCUT2D eigenvalue weighted by molar-refractivity contribution is 0.0696. The van der Waals surface area contributed by atoms with Crippen LogP contribution >= 0.6 is 11.6 Å². The molecule has 1 heterocycles. The van der Waals surface area contributed by atoms with E-state index in [1.165, 1.54) is 36.5 Å². The number of carboxylic acids is 1. The molecule has 0 aliphatic rings. The number of aromatic carboxylic acids is 1. The van der Waals surface area contributed by atoms with Crippen LogP contribution in [0.5, 0.6) is 0 Å². The first-order chi connectivity index (χ1) is 8.08. The normalized spacial score (nSPS) is 10.2. The zero-order chi connectivity index (χ0) is 12.4. The Morgan fingerprint density at radius 3 is 2.47 bits per heavy atom. The molecule has 0 bridgehead atoms. The third-order valence-corrected chi connectivity index (χ3v) is 2.49. The van der Waals surface area contributed by atoms with Gasteiger partial charge in [-0.25, -0.2) is 9.18 Å². The molecular formula is C12H7ClFNO2. The van der Waals surface area contributed by atoms with Gasteiger partial charge >= 0.3 is 5.97 Å². The highest BCUT2D eigenvalue weighted by Crippen LogP contribution is 2.26. The number of hydrogen-bond acceptors (Lipinski definition) is 2. The van der Waals surface area contributed by atoms with E-state index in [1.54, 1.807) is 0 Å². The van der Waals surface area contributed by atoms with Crippen LogP contribution in [0.25, 0.3) is 11.3 Å². The molecule has 0 aliphatic heterocycles. The van der Waals surface area contributed by atoms with E-state index in [0.29, 0.717) is 11.3 Å². The summed E-state index contributed by atoms with van der Waals surface area (Å²) >= 11 is 5.93. The quantitative estimate of drug-likeness (QED) is 0.891. The number of carboxylic acid groups (broad SMARTS) is 1. The predicted octanol–water partition coefficient (Wildman–Crippen LogP) is 3.24. The minimum Gasteiger partial charge on any atom is -0.478 e. The fraction of sp³-hybridized carbons (Fsp3) is 0. The monoisotopic (exact) mass is 251 g/mol. The summed E-state index contributed by atoms with van der Waals surface area (Å²) in [5, 5.41) is 8.98. The van der Waals surface area contributed by atoms with Gasteiger partial charge in [0.25, 0.3) is 0 Å². The minimum atomic E-state index is -1.09. The van der Waals surface area contributed by atoms with E-state index >= 15 is 0 Å². The zero-order valence-electron chi connectivity index (χ0n) is 8.52. The summed E-state index contributed by atoms with van der Waals surface area (Å²) in [4.78, 5) is 14.7. The largest absolute Gasteiger partial charge is 0.478 e. The molecule has 0 amide bonds. The lowest BCUT2D eigenvalue weighted by Crippen LogP contribution is -1.98. The zero-order valence-corrected chi connectivity index (χ0v) is 9.28. The average molecular weight is 252 g/mol. The van der Waals surface area contributed by atoms with Crippen molar-refractivity contribution in [1.82, 2.24) is 4.98 Å². The van der Waals surface area contributed by atoms with Crippen molar-refractivity contribution in [3.8, 4) is 11.3 Å². The van der Waals surface area contributed by atoms with E-state index in [9.17, 15) is 9.18 Å². The molecule has 1 aromatic carbocycles. The Labute approximate surface area is 101 Å². The SMILES string of the molecule is O=C(O)c1cnc(-c2ccc(F)cc2)c(Cl)c1. The number of halogens is 2. The van der Waals surface area contributed by atoms with E-state index in [1.807, 2.05) is 0 Å². The predicted molar refractivity (Wildman–Crippen MR) is 61.6 cm³/mol. The van der Waals surface area contributed by atoms with Crippen molar-refractivity contribution in [2.45, 2.75) is 0 Å². The number of rotatable bonds is 2. The smallest absolute Gasteiger partial charge is 0.337 e. The van der Waals surface area contributed by atoms with Gasteiger partial charge in [-0.05, 0) is 30.3 Å². The van der Waals surface area contributed by atoms with E-state index < -0.39 is 5.97 Å². The van der Waals surface area contributed by atoms with Gasteiger partial charge in [-0.1, -0.05) is 11.6 Å². The van der Waals surface area contributed by atoms with Crippen LogP contribution in [0.3, 0.4) is 0 Å². The first-order valence-electron chi connectivity index (χ1n) is 4.72. The highest BCUT2D eigenvalue weighted by molar-refractivity contribution is 6.33. The molecule has 86 valence electrons. The van der Waals surface area contributed by atoms with Crippen molar-refractivity contribution in [3.63, 3.8) is 0 Å². The molecule has 1 N–H and O–H groups in total. The van der Waals surface area contributed by atoms with Crippen LogP contribution < -0.4 is 0 Å². The fourth-order valence-corrected chi connectivity index (χ4v) is 1.65. The molecule has 0 aliphatic carbocycles. The lowest BCUT2D eigenvalue weighted by atomic mass is 10.1. The molecule has 0 spiro atoms. The maximum atomic E-state index is 12.7. The van der Waals surface area contributed by atoms with Crippen LogP contribution in [0.15, 0.2) is 36.5 Å². The van der Waals surface area contributed by atoms with E-state index in [-0.39, 0.29) is 16.4 Å². The number of hydrogen-bond donors (Lipinski definition) is 1. The highest BCUT2D eigenvalue weighted by atomic mass is 35.5. The van der Waals surface area contributed by atoms with Crippen LogP contribution in [0, 0.1) is 5.82 Å². The number of benzene rings is 1. The highest BCUT2D eigenvalue weighted by Gasteiger charge is 2.10. The molecule has 0 unspecified atom stereocenters. The summed E-state index contributed by atoms with van der Waals surface area (Å²) in [7, 11) is 0. The second-order valence-corrected chi connectivity index (χ2v) is 3.77. The molecule has 0 atom stereocenters. The summed E-state index contributed by atoms with van der Waals surface area (Å²) in [6.07, 6.45) is 1.22. The van der Waals surface area contributed by atoms with Crippen LogP contribution in [0.4, 0.5) is 4.39 Å². The van der Waals surface area contributed by atoms with Crippen molar-refractivity contribution in [3.05, 3.63) is 52.9 Å². The van der Waals surface area contributed by atoms with Crippen LogP contribution in [-0.4, -0.2) is 16.1 Å². The van der Waals surface area contributed by atoms with Crippen molar-refractivity contribution < 1.29 is 14.3 Å². The second-order valence-electron chi connectivity index (χ2n) is 3.37. The van der Waals surface area contributed by atoms with Crippen LogP contribution in [-0.2, 0) is 0 Å². The van der Waals surface area contributed by atoms with Crippen molar-refractivity contribution in [2.24, 2.45) is 0 Å². The van der Waals surface area contributed by atoms with Gasteiger partial charge in [0.05, 0.1) is 16.3 Å². The Morgan fingerprint density at radius 2 is 1.94 bits per heavy atom. The van der Waals surface area contributed by atoms with E-state index in [2.05, 4.69) is 4.98 Å². The average Bonchev–Trinajstić information content (AvgIpc) is 2.30. The van der Waals surface area contributed by atoms with Gasteiger partial charge in [0, 0.05) is 11.8 Å². The van der Waals surface area contributed by atoms with Crippen molar-refractivity contribution >= 4 is 17.6 Å². The fourth-order valence-electron chi connectivity index (χ4n) is 1.38. The molecule has 0 saturated heterocycles. The topological polar surface area (TPSA) is 50.2 Å². The summed E-state index contributed by atoms with van der Waals surface area (Å²) in [6.45, 7) is 0. The Hall–Kier alpha value is -1.94. The number of pyridine rings is 1. The third kappa shape index (κ3) is 2.42. The standard InChI is InChI=1S/C12H7ClFNO2/c13-10-5-8(12(16)17)6-15-11(10)7-1-3-9(14)4-2-7/h1-6H,(H,16,17). The maximum Gasteiger partial charge on any atom is 0.337 e. The molecule has 17 heavy (non-hydrogen) atoms. The van der Waals surface area contributed by atoms with E-state index in [0.717, 1.165) is 0 Å². The van der Waals surface area contributed by atoms with Crippen LogP contribution in [0.1, 0.15) is 10.4 Å². The molecule has 2 rings (SSSR count). The molecule has 2 aromatic rings. The van der Waals surface area contributed by atoms with E-state index in [4.69, 9.17) is 16.7 Å². The Kier molecular flexibility index (Phi) is 3.06. The first-order valence-corrected chi connectivity index (χ1v) is 5.10. The van der Waals surface area contributed by atoms with Gasteiger partial charge < -0.3 is 5.11 Å². The van der Waals surface area contributed by atoms with Gasteiger partial charge in [-0.2, -0.15) is 0 Å². The molecule has 0 saturated carbocycles. The van der Waals surface area contributed by atoms with Gasteiger partial charge in [0.2, 0.25) is 0 Å². The Bertz CT molecular complexity index is 569. The molecule has 0 radical (unpaired) electrons. The molecular weight excluding hydrogens is 245 g/mol. The van der Waals surface area contributed by atoms with Crippen molar-refractivity contribution in [1.29, 1.82) is 0 Å². The number of carbonyl (C=O) groups is 1. The van der Waals surface area contributed by atoms with Gasteiger partial charge in [-0.3, -0.25) is 4.98 Å². The molecule has 0 fully saturated rings. The number of nitrogens with zero attached hydrogens (tertiary/aromatic N) is 1. The molecule has 3 nitrogen and oxygen atoms in total. The van der Waals surface area contributed by atoms with Gasteiger partial charge in [0.15, 0.2) is 0 Å². The minimum absolute atomic E-state index is 0.0147. The summed E-state index contributed by atoms with van der Waals surface area (Å²) in [5.41, 5.74) is 1.07. The third-order valence-electron chi connectivity index (χ3n) is 2.21. The summed E-state index contributed by atoms with van der Waals surface area (Å²) in [6, 6.07) is 6.96. The Morgan fingerprint density at radius 1 is 1.29 bits per heavy atom. The first kappa shape index (κ1) is 11.5. The maximum absolute atomic E-state index is 12.7. The lowest BCUT2D eigenvalue weighted by Gasteiger charge is -2.04. The van der Waals surface area contributed by atoms with Crippen molar-refractivity contribution in [2.75, 3.05) is 0 Å². The molecule has 5 heteroatoms. The van der Waals surface area contributed by atoms with Gasteiger partial charge in [-0.15, -0.1) is 0 Å². The Balaban J connectivity index is 2.46.